The molecule has 5 heteroatoms. The van der Waals surface area contributed by atoms with Gasteiger partial charge in [0.2, 0.25) is 10.0 Å². The van der Waals surface area contributed by atoms with Crippen molar-refractivity contribution in [3.63, 3.8) is 0 Å². The number of anilines is 1. The van der Waals surface area contributed by atoms with Crippen molar-refractivity contribution < 1.29 is 8.42 Å². The maximum atomic E-state index is 11.4. The molecule has 0 aliphatic heterocycles. The molecule has 0 aliphatic rings. The summed E-state index contributed by atoms with van der Waals surface area (Å²) in [6.45, 7) is 1.80. The fourth-order valence-corrected chi connectivity index (χ4v) is 2.25. The highest BCUT2D eigenvalue weighted by Crippen LogP contribution is 2.11. The highest BCUT2D eigenvalue weighted by atomic mass is 32.2. The van der Waals surface area contributed by atoms with E-state index in [4.69, 9.17) is 5.26 Å². The zero-order valence-corrected chi connectivity index (χ0v) is 9.21. The second-order valence-corrected chi connectivity index (χ2v) is 4.95. The molecule has 0 aromatic heterocycles. The average molecular weight is 224 g/mol. The van der Waals surface area contributed by atoms with Crippen LogP contribution < -0.4 is 4.72 Å². The van der Waals surface area contributed by atoms with Gasteiger partial charge in [0, 0.05) is 5.69 Å². The largest absolute Gasteiger partial charge is 0.284 e. The third kappa shape index (κ3) is 3.60. The van der Waals surface area contributed by atoms with Crippen LogP contribution in [0.4, 0.5) is 5.69 Å². The first-order valence-corrected chi connectivity index (χ1v) is 6.23. The van der Waals surface area contributed by atoms with Gasteiger partial charge in [0.15, 0.2) is 0 Å². The van der Waals surface area contributed by atoms with Crippen molar-refractivity contribution in [1.29, 1.82) is 5.26 Å². The first-order chi connectivity index (χ1) is 7.07. The van der Waals surface area contributed by atoms with Crippen LogP contribution in [0.15, 0.2) is 24.3 Å². The summed E-state index contributed by atoms with van der Waals surface area (Å²) in [6.07, 6.45) is 0.575. The van der Waals surface area contributed by atoms with Crippen molar-refractivity contribution in [1.82, 2.24) is 0 Å². The summed E-state index contributed by atoms with van der Waals surface area (Å²) in [4.78, 5) is 0. The first kappa shape index (κ1) is 11.5. The third-order valence-corrected chi connectivity index (χ3v) is 3.25. The van der Waals surface area contributed by atoms with E-state index < -0.39 is 10.0 Å². The Morgan fingerprint density at radius 3 is 2.40 bits per heavy atom. The zero-order chi connectivity index (χ0) is 11.3. The van der Waals surface area contributed by atoms with Gasteiger partial charge in [-0.25, -0.2) is 8.42 Å². The van der Waals surface area contributed by atoms with Crippen molar-refractivity contribution in [2.24, 2.45) is 0 Å². The summed E-state index contributed by atoms with van der Waals surface area (Å²) in [5, 5.41) is 8.56. The van der Waals surface area contributed by atoms with E-state index in [0.717, 1.165) is 0 Å². The molecule has 15 heavy (non-hydrogen) atoms. The van der Waals surface area contributed by atoms with Gasteiger partial charge >= 0.3 is 0 Å². The monoisotopic (exact) mass is 224 g/mol. The Morgan fingerprint density at radius 1 is 1.33 bits per heavy atom. The predicted octanol–water partition coefficient (Wildman–Crippen LogP) is 1.71. The van der Waals surface area contributed by atoms with Crippen LogP contribution in [-0.4, -0.2) is 14.2 Å². The van der Waals surface area contributed by atoms with E-state index in [0.29, 0.717) is 17.7 Å². The van der Waals surface area contributed by atoms with Gasteiger partial charge in [0.25, 0.3) is 0 Å². The van der Waals surface area contributed by atoms with E-state index in [2.05, 4.69) is 4.72 Å². The Morgan fingerprint density at radius 2 is 1.93 bits per heavy atom. The van der Waals surface area contributed by atoms with Crippen LogP contribution >= 0.6 is 0 Å². The van der Waals surface area contributed by atoms with E-state index in [1.807, 2.05) is 6.07 Å². The molecule has 4 nitrogen and oxygen atoms in total. The lowest BCUT2D eigenvalue weighted by molar-refractivity contribution is 0.600. The Kier molecular flexibility index (Phi) is 3.69. The van der Waals surface area contributed by atoms with Crippen molar-refractivity contribution in [2.75, 3.05) is 10.5 Å². The summed E-state index contributed by atoms with van der Waals surface area (Å²) >= 11 is 0. The van der Waals surface area contributed by atoms with Crippen LogP contribution in [0.5, 0.6) is 0 Å². The number of hydrogen-bond acceptors (Lipinski definition) is 3. The van der Waals surface area contributed by atoms with Gasteiger partial charge in [-0.2, -0.15) is 5.26 Å². The Hall–Kier alpha value is -1.54. The van der Waals surface area contributed by atoms with Gasteiger partial charge < -0.3 is 0 Å². The van der Waals surface area contributed by atoms with Crippen molar-refractivity contribution in [3.05, 3.63) is 29.8 Å². The predicted molar refractivity (Wildman–Crippen MR) is 58.9 cm³/mol. The molecule has 0 amide bonds. The fourth-order valence-electron chi connectivity index (χ4n) is 1.11. The minimum atomic E-state index is -3.24. The smallest absolute Gasteiger partial charge is 0.232 e. The molecule has 0 radical (unpaired) electrons. The van der Waals surface area contributed by atoms with Crippen LogP contribution in [0, 0.1) is 11.3 Å². The normalized spacial score (nSPS) is 10.7. The number of sulfonamides is 1. The molecule has 0 unspecified atom stereocenters. The van der Waals surface area contributed by atoms with Gasteiger partial charge in [-0.15, -0.1) is 0 Å². The first-order valence-electron chi connectivity index (χ1n) is 4.58. The van der Waals surface area contributed by atoms with Crippen molar-refractivity contribution >= 4 is 15.7 Å². The molecule has 1 aromatic rings. The number of benzene rings is 1. The summed E-state index contributed by atoms with van der Waals surface area (Å²) in [5.74, 6) is 0.104. The molecular weight excluding hydrogens is 212 g/mol. The third-order valence-electron chi connectivity index (χ3n) is 1.76. The van der Waals surface area contributed by atoms with Gasteiger partial charge in [0.1, 0.15) is 0 Å². The lowest BCUT2D eigenvalue weighted by atomic mass is 10.2. The number of hydrogen-bond donors (Lipinski definition) is 1. The zero-order valence-electron chi connectivity index (χ0n) is 8.40. The molecule has 0 heterocycles. The molecular formula is C10H12N2O2S. The molecule has 0 bridgehead atoms. The SMILES string of the molecule is CCCS(=O)(=O)Nc1ccc(C#N)cc1. The minimum absolute atomic E-state index is 0.104. The van der Waals surface area contributed by atoms with E-state index in [1.54, 1.807) is 31.2 Å². The van der Waals surface area contributed by atoms with Crippen LogP contribution in [-0.2, 0) is 10.0 Å². The number of nitriles is 1. The highest BCUT2D eigenvalue weighted by Gasteiger charge is 2.07. The Labute approximate surface area is 89.6 Å². The number of nitrogens with zero attached hydrogens (tertiary/aromatic N) is 1. The maximum Gasteiger partial charge on any atom is 0.232 e. The molecule has 1 rings (SSSR count). The molecule has 1 aromatic carbocycles. The van der Waals surface area contributed by atoms with Crippen molar-refractivity contribution in [3.8, 4) is 6.07 Å². The van der Waals surface area contributed by atoms with E-state index in [9.17, 15) is 8.42 Å². The number of rotatable bonds is 4. The van der Waals surface area contributed by atoms with Crippen LogP contribution in [0.3, 0.4) is 0 Å². The summed E-state index contributed by atoms with van der Waals surface area (Å²) < 4.78 is 25.2. The van der Waals surface area contributed by atoms with Crippen LogP contribution in [0.2, 0.25) is 0 Å². The van der Waals surface area contributed by atoms with Crippen molar-refractivity contribution in [2.45, 2.75) is 13.3 Å². The lowest BCUT2D eigenvalue weighted by Gasteiger charge is -2.06. The highest BCUT2D eigenvalue weighted by molar-refractivity contribution is 7.92. The quantitative estimate of drug-likeness (QED) is 0.846. The fraction of sp³-hybridized carbons (Fsp3) is 0.300. The summed E-state index contributed by atoms with van der Waals surface area (Å²) in [7, 11) is -3.24. The second kappa shape index (κ2) is 4.80. The summed E-state index contributed by atoms with van der Waals surface area (Å²) in [5.41, 5.74) is 0.996. The van der Waals surface area contributed by atoms with Crippen LogP contribution in [0.1, 0.15) is 18.9 Å². The molecule has 0 atom stereocenters. The molecule has 0 fully saturated rings. The van der Waals surface area contributed by atoms with Gasteiger partial charge in [0.05, 0.1) is 17.4 Å². The Bertz CT molecular complexity index is 457. The van der Waals surface area contributed by atoms with Crippen LogP contribution in [0.25, 0.3) is 0 Å². The molecule has 80 valence electrons. The topological polar surface area (TPSA) is 70.0 Å². The average Bonchev–Trinajstić information content (AvgIpc) is 2.18. The number of nitrogens with one attached hydrogen (secondary N) is 1. The molecule has 0 saturated heterocycles. The summed E-state index contributed by atoms with van der Waals surface area (Å²) in [6, 6.07) is 8.26. The lowest BCUT2D eigenvalue weighted by Crippen LogP contribution is -2.15. The van der Waals surface area contributed by atoms with E-state index in [-0.39, 0.29) is 5.75 Å². The molecule has 0 spiro atoms. The minimum Gasteiger partial charge on any atom is -0.284 e. The molecule has 0 saturated carbocycles. The molecule has 1 N–H and O–H groups in total. The van der Waals surface area contributed by atoms with Gasteiger partial charge in [-0.3, -0.25) is 4.72 Å². The van der Waals surface area contributed by atoms with Gasteiger partial charge in [-0.1, -0.05) is 6.92 Å². The van der Waals surface area contributed by atoms with E-state index in [1.165, 1.54) is 0 Å². The Balaban J connectivity index is 2.78. The standard InChI is InChI=1S/C10H12N2O2S/c1-2-7-15(13,14)12-10-5-3-9(8-11)4-6-10/h3-6,12H,2,7H2,1H3. The van der Waals surface area contributed by atoms with Gasteiger partial charge in [-0.05, 0) is 30.7 Å². The molecule has 0 aliphatic carbocycles. The second-order valence-electron chi connectivity index (χ2n) is 3.11. The maximum absolute atomic E-state index is 11.4. The van der Waals surface area contributed by atoms with E-state index >= 15 is 0 Å².